The van der Waals surface area contributed by atoms with Crippen molar-refractivity contribution in [1.29, 1.82) is 0 Å². The quantitative estimate of drug-likeness (QED) is 0.647. The average molecular weight is 273 g/mol. The van der Waals surface area contributed by atoms with E-state index in [1.807, 2.05) is 11.8 Å². The van der Waals surface area contributed by atoms with E-state index in [0.717, 1.165) is 17.6 Å². The Morgan fingerprint density at radius 1 is 1.61 bits per heavy atom. The van der Waals surface area contributed by atoms with Gasteiger partial charge in [-0.25, -0.2) is 0 Å². The Labute approximate surface area is 113 Å². The highest BCUT2D eigenvalue weighted by Crippen LogP contribution is 2.30. The first-order chi connectivity index (χ1) is 8.67. The molecule has 0 aromatic heterocycles. The molecule has 0 radical (unpaired) electrons. The summed E-state index contributed by atoms with van der Waals surface area (Å²) < 4.78 is 5.07. The van der Waals surface area contributed by atoms with Crippen molar-refractivity contribution in [1.82, 2.24) is 5.32 Å². The molecule has 1 atom stereocenters. The summed E-state index contributed by atoms with van der Waals surface area (Å²) in [4.78, 5) is 14.9. The van der Waals surface area contributed by atoms with E-state index >= 15 is 0 Å². The molecule has 0 saturated carbocycles. The van der Waals surface area contributed by atoms with Gasteiger partial charge in [0, 0.05) is 11.8 Å². The molecular formula is C12H23N3O2S. The van der Waals surface area contributed by atoms with Crippen LogP contribution >= 0.6 is 11.8 Å². The zero-order chi connectivity index (χ0) is 13.4. The van der Waals surface area contributed by atoms with Crippen molar-refractivity contribution in [2.45, 2.75) is 31.9 Å². The molecule has 0 aromatic rings. The lowest BCUT2D eigenvalue weighted by atomic mass is 9.99. The van der Waals surface area contributed by atoms with Gasteiger partial charge >= 0.3 is 0 Å². The van der Waals surface area contributed by atoms with Gasteiger partial charge in [0.05, 0.1) is 13.2 Å². The fraction of sp³-hybridized carbons (Fsp3) is 0.833. The van der Waals surface area contributed by atoms with Crippen LogP contribution in [0.1, 0.15) is 26.7 Å². The molecule has 6 heteroatoms. The van der Waals surface area contributed by atoms with Crippen LogP contribution in [-0.2, 0) is 9.53 Å². The molecule has 104 valence electrons. The van der Waals surface area contributed by atoms with Gasteiger partial charge in [0.15, 0.2) is 5.17 Å². The normalized spacial score (nSPS) is 19.1. The van der Waals surface area contributed by atoms with Gasteiger partial charge < -0.3 is 15.8 Å². The third-order valence-electron chi connectivity index (χ3n) is 3.02. The number of aliphatic imine (C=N–C) groups is 1. The second-order valence-electron chi connectivity index (χ2n) is 4.32. The molecule has 0 bridgehead atoms. The van der Waals surface area contributed by atoms with Crippen LogP contribution in [0.5, 0.6) is 0 Å². The molecule has 18 heavy (non-hydrogen) atoms. The molecule has 1 amide bonds. The monoisotopic (exact) mass is 273 g/mol. The Kier molecular flexibility index (Phi) is 7.12. The summed E-state index contributed by atoms with van der Waals surface area (Å²) in [5.74, 6) is 0.306. The molecule has 0 fully saturated rings. The summed E-state index contributed by atoms with van der Waals surface area (Å²) in [5.41, 5.74) is 4.97. The van der Waals surface area contributed by atoms with Gasteiger partial charge in [0.1, 0.15) is 6.61 Å². The zero-order valence-electron chi connectivity index (χ0n) is 11.1. The minimum atomic E-state index is -0.434. The first kappa shape index (κ1) is 15.3. The number of amidine groups is 1. The predicted octanol–water partition coefficient (Wildman–Crippen LogP) is 0.986. The highest BCUT2D eigenvalue weighted by molar-refractivity contribution is 8.14. The van der Waals surface area contributed by atoms with Gasteiger partial charge in [-0.3, -0.25) is 9.79 Å². The molecule has 1 aliphatic rings. The van der Waals surface area contributed by atoms with Gasteiger partial charge in [-0.15, -0.1) is 0 Å². The van der Waals surface area contributed by atoms with Gasteiger partial charge in [0.2, 0.25) is 5.91 Å². The second kappa shape index (κ2) is 8.37. The van der Waals surface area contributed by atoms with Crippen molar-refractivity contribution < 1.29 is 9.53 Å². The number of primary amides is 1. The number of nitrogens with one attached hydrogen (secondary N) is 1. The molecule has 0 spiro atoms. The van der Waals surface area contributed by atoms with E-state index in [1.165, 1.54) is 12.8 Å². The van der Waals surface area contributed by atoms with E-state index in [4.69, 9.17) is 10.5 Å². The fourth-order valence-corrected chi connectivity index (χ4v) is 3.30. The smallest absolute Gasteiger partial charge is 0.243 e. The summed E-state index contributed by atoms with van der Waals surface area (Å²) in [6.07, 6.45) is 2.41. The van der Waals surface area contributed by atoms with Crippen LogP contribution in [0.15, 0.2) is 4.99 Å². The van der Waals surface area contributed by atoms with E-state index in [-0.39, 0.29) is 6.61 Å². The van der Waals surface area contributed by atoms with Crippen molar-refractivity contribution in [2.24, 2.45) is 16.6 Å². The number of carbonyl (C=O) groups is 1. The SMILES string of the molecule is CCC(CC)C1CN=C(NCCOCC(N)=O)S1. The molecule has 0 saturated heterocycles. The lowest BCUT2D eigenvalue weighted by molar-refractivity contribution is -0.122. The third-order valence-corrected chi connectivity index (χ3v) is 4.35. The highest BCUT2D eigenvalue weighted by Gasteiger charge is 2.25. The van der Waals surface area contributed by atoms with Crippen LogP contribution in [0.3, 0.4) is 0 Å². The van der Waals surface area contributed by atoms with E-state index in [2.05, 4.69) is 24.2 Å². The van der Waals surface area contributed by atoms with E-state index in [1.54, 1.807) is 0 Å². The van der Waals surface area contributed by atoms with Crippen molar-refractivity contribution in [3.05, 3.63) is 0 Å². The second-order valence-corrected chi connectivity index (χ2v) is 5.55. The van der Waals surface area contributed by atoms with Crippen LogP contribution in [-0.4, -0.2) is 42.6 Å². The number of nitrogens with two attached hydrogens (primary N) is 1. The number of ether oxygens (including phenoxy) is 1. The molecule has 1 unspecified atom stereocenters. The highest BCUT2D eigenvalue weighted by atomic mass is 32.2. The number of hydrogen-bond donors (Lipinski definition) is 2. The standard InChI is InChI=1S/C12H23N3O2S/c1-3-9(4-2)10-7-15-12(18-10)14-5-6-17-8-11(13)16/h9-10H,3-8H2,1-2H3,(H2,13,16)(H,14,15). The molecule has 5 nitrogen and oxygen atoms in total. The summed E-state index contributed by atoms with van der Waals surface area (Å²) >= 11 is 1.82. The van der Waals surface area contributed by atoms with E-state index in [9.17, 15) is 4.79 Å². The van der Waals surface area contributed by atoms with E-state index < -0.39 is 5.91 Å². The molecule has 1 rings (SSSR count). The maximum Gasteiger partial charge on any atom is 0.243 e. The molecule has 0 aliphatic carbocycles. The minimum absolute atomic E-state index is 0.0162. The Bertz CT molecular complexity index is 293. The molecular weight excluding hydrogens is 250 g/mol. The zero-order valence-corrected chi connectivity index (χ0v) is 12.0. The summed E-state index contributed by atoms with van der Waals surface area (Å²) in [7, 11) is 0. The van der Waals surface area contributed by atoms with E-state index in [0.29, 0.717) is 18.4 Å². The van der Waals surface area contributed by atoms with Crippen molar-refractivity contribution in [2.75, 3.05) is 26.3 Å². The number of amides is 1. The topological polar surface area (TPSA) is 76.7 Å². The Balaban J connectivity index is 2.12. The molecule has 3 N–H and O–H groups in total. The van der Waals surface area contributed by atoms with Gasteiger partial charge in [-0.2, -0.15) is 0 Å². The minimum Gasteiger partial charge on any atom is -0.370 e. The lowest BCUT2D eigenvalue weighted by Gasteiger charge is -2.18. The Morgan fingerprint density at radius 2 is 2.33 bits per heavy atom. The lowest BCUT2D eigenvalue weighted by Crippen LogP contribution is -2.27. The summed E-state index contributed by atoms with van der Waals surface area (Å²) in [6, 6.07) is 0. The molecule has 1 aliphatic heterocycles. The van der Waals surface area contributed by atoms with Gasteiger partial charge in [-0.1, -0.05) is 38.5 Å². The van der Waals surface area contributed by atoms with Crippen LogP contribution in [0, 0.1) is 5.92 Å². The number of nitrogens with zero attached hydrogens (tertiary/aromatic N) is 1. The average Bonchev–Trinajstić information content (AvgIpc) is 2.79. The summed E-state index contributed by atoms with van der Waals surface area (Å²) in [5, 5.41) is 4.82. The number of rotatable bonds is 8. The van der Waals surface area contributed by atoms with Gasteiger partial charge in [0.25, 0.3) is 0 Å². The van der Waals surface area contributed by atoms with Crippen LogP contribution < -0.4 is 11.1 Å². The predicted molar refractivity (Wildman–Crippen MR) is 75.8 cm³/mol. The fourth-order valence-electron chi connectivity index (χ4n) is 1.95. The third kappa shape index (κ3) is 5.27. The summed E-state index contributed by atoms with van der Waals surface area (Å²) in [6.45, 7) is 6.49. The largest absolute Gasteiger partial charge is 0.370 e. The first-order valence-corrected chi connectivity index (χ1v) is 7.36. The van der Waals surface area contributed by atoms with Gasteiger partial charge in [-0.05, 0) is 5.92 Å². The van der Waals surface area contributed by atoms with Crippen LogP contribution in [0.2, 0.25) is 0 Å². The first-order valence-electron chi connectivity index (χ1n) is 6.48. The maximum absolute atomic E-state index is 10.5. The molecule has 0 aromatic carbocycles. The Morgan fingerprint density at radius 3 is 2.94 bits per heavy atom. The van der Waals surface area contributed by atoms with Crippen molar-refractivity contribution in [3.8, 4) is 0 Å². The number of hydrogen-bond acceptors (Lipinski definition) is 5. The van der Waals surface area contributed by atoms with Crippen molar-refractivity contribution in [3.63, 3.8) is 0 Å². The number of carbonyl (C=O) groups excluding carboxylic acids is 1. The van der Waals surface area contributed by atoms with Crippen molar-refractivity contribution >= 4 is 22.8 Å². The van der Waals surface area contributed by atoms with Crippen LogP contribution in [0.4, 0.5) is 0 Å². The Hall–Kier alpha value is -0.750. The molecule has 1 heterocycles. The van der Waals surface area contributed by atoms with Crippen LogP contribution in [0.25, 0.3) is 0 Å². The number of thioether (sulfide) groups is 1. The maximum atomic E-state index is 10.5.